The molecule has 1 heteroatoms. The molecule has 114 valence electrons. The van der Waals surface area contributed by atoms with Gasteiger partial charge in [0.25, 0.3) is 0 Å². The Morgan fingerprint density at radius 1 is 0.864 bits per heavy atom. The van der Waals surface area contributed by atoms with E-state index in [1.807, 2.05) is 0 Å². The zero-order valence-electron chi connectivity index (χ0n) is 13.9. The van der Waals surface area contributed by atoms with E-state index in [0.717, 1.165) is 0 Å². The Kier molecular flexibility index (Phi) is 3.92. The summed E-state index contributed by atoms with van der Waals surface area (Å²) in [6.07, 6.45) is 0.213. The Morgan fingerprint density at radius 2 is 1.36 bits per heavy atom. The lowest BCUT2D eigenvalue weighted by Crippen LogP contribution is -2.25. The molecule has 0 radical (unpaired) electrons. The molecule has 0 saturated heterocycles. The van der Waals surface area contributed by atoms with Crippen molar-refractivity contribution < 1.29 is 4.74 Å². The molecule has 0 saturated carbocycles. The molecule has 0 amide bonds. The fourth-order valence-corrected chi connectivity index (χ4v) is 2.72. The van der Waals surface area contributed by atoms with Crippen molar-refractivity contribution in [3.05, 3.63) is 60.2 Å². The van der Waals surface area contributed by atoms with Crippen LogP contribution in [0.15, 0.2) is 54.6 Å². The van der Waals surface area contributed by atoms with Crippen LogP contribution in [0.2, 0.25) is 0 Å². The van der Waals surface area contributed by atoms with E-state index >= 15 is 0 Å². The second-order valence-corrected chi connectivity index (χ2v) is 7.12. The molecule has 0 aliphatic heterocycles. The number of benzene rings is 3. The SMILES string of the molecule is CC(OCc1c2ccccc2cc2ccccc12)C(C)(C)C. The average molecular weight is 292 g/mol. The van der Waals surface area contributed by atoms with E-state index in [0.29, 0.717) is 6.61 Å². The van der Waals surface area contributed by atoms with E-state index < -0.39 is 0 Å². The van der Waals surface area contributed by atoms with Gasteiger partial charge in [-0.2, -0.15) is 0 Å². The molecule has 0 heterocycles. The van der Waals surface area contributed by atoms with E-state index in [2.05, 4.69) is 82.3 Å². The van der Waals surface area contributed by atoms with Crippen molar-refractivity contribution in [1.82, 2.24) is 0 Å². The second-order valence-electron chi connectivity index (χ2n) is 7.12. The van der Waals surface area contributed by atoms with Crippen LogP contribution in [0.3, 0.4) is 0 Å². The van der Waals surface area contributed by atoms with Crippen molar-refractivity contribution in [3.63, 3.8) is 0 Å². The normalized spacial score (nSPS) is 13.6. The van der Waals surface area contributed by atoms with E-state index in [4.69, 9.17) is 4.74 Å². The van der Waals surface area contributed by atoms with Gasteiger partial charge in [-0.1, -0.05) is 69.3 Å². The van der Waals surface area contributed by atoms with Gasteiger partial charge >= 0.3 is 0 Å². The molecule has 1 nitrogen and oxygen atoms in total. The number of hydrogen-bond acceptors (Lipinski definition) is 1. The lowest BCUT2D eigenvalue weighted by molar-refractivity contribution is -0.0144. The predicted molar refractivity (Wildman–Crippen MR) is 95.2 cm³/mol. The Balaban J connectivity index is 2.08. The highest BCUT2D eigenvalue weighted by Crippen LogP contribution is 2.30. The maximum atomic E-state index is 6.21. The van der Waals surface area contributed by atoms with E-state index in [9.17, 15) is 0 Å². The van der Waals surface area contributed by atoms with Crippen LogP contribution in [0.5, 0.6) is 0 Å². The molecule has 0 spiro atoms. The third kappa shape index (κ3) is 2.86. The zero-order chi connectivity index (χ0) is 15.7. The first kappa shape index (κ1) is 15.1. The van der Waals surface area contributed by atoms with Crippen molar-refractivity contribution in [2.45, 2.75) is 40.4 Å². The topological polar surface area (TPSA) is 9.23 Å². The fraction of sp³-hybridized carbons (Fsp3) is 0.333. The van der Waals surface area contributed by atoms with Gasteiger partial charge in [0.1, 0.15) is 0 Å². The highest BCUT2D eigenvalue weighted by Gasteiger charge is 2.21. The quantitative estimate of drug-likeness (QED) is 0.542. The molecule has 22 heavy (non-hydrogen) atoms. The summed E-state index contributed by atoms with van der Waals surface area (Å²) in [5.41, 5.74) is 1.45. The first-order valence-corrected chi connectivity index (χ1v) is 7.98. The second kappa shape index (κ2) is 5.73. The van der Waals surface area contributed by atoms with Crippen LogP contribution >= 0.6 is 0 Å². The summed E-state index contributed by atoms with van der Waals surface area (Å²) in [5.74, 6) is 0. The van der Waals surface area contributed by atoms with Gasteiger partial charge in [0.2, 0.25) is 0 Å². The molecule has 0 fully saturated rings. The summed E-state index contributed by atoms with van der Waals surface area (Å²) in [5, 5.41) is 5.15. The van der Waals surface area contributed by atoms with Gasteiger partial charge in [0.15, 0.2) is 0 Å². The third-order valence-electron chi connectivity index (χ3n) is 4.58. The van der Waals surface area contributed by atoms with Gasteiger partial charge < -0.3 is 4.74 Å². The van der Waals surface area contributed by atoms with Crippen LogP contribution in [0.25, 0.3) is 21.5 Å². The van der Waals surface area contributed by atoms with Gasteiger partial charge in [-0.25, -0.2) is 0 Å². The third-order valence-corrected chi connectivity index (χ3v) is 4.58. The molecule has 0 aromatic heterocycles. The highest BCUT2D eigenvalue weighted by atomic mass is 16.5. The minimum Gasteiger partial charge on any atom is -0.373 e. The molecule has 0 aliphatic carbocycles. The Labute approximate surface area is 132 Å². The number of hydrogen-bond donors (Lipinski definition) is 0. The summed E-state index contributed by atoms with van der Waals surface area (Å²) in [4.78, 5) is 0. The summed E-state index contributed by atoms with van der Waals surface area (Å²) in [6.45, 7) is 9.48. The van der Waals surface area contributed by atoms with Crippen LogP contribution < -0.4 is 0 Å². The van der Waals surface area contributed by atoms with Crippen LogP contribution in [0.1, 0.15) is 33.3 Å². The van der Waals surface area contributed by atoms with Crippen LogP contribution in [0, 0.1) is 5.41 Å². The molecule has 0 N–H and O–H groups in total. The smallest absolute Gasteiger partial charge is 0.0732 e. The standard InChI is InChI=1S/C21H24O/c1-15(21(2,3)4)22-14-20-18-11-7-5-9-16(18)13-17-10-6-8-12-19(17)20/h5-13,15H,14H2,1-4H3. The predicted octanol–water partition coefficient (Wildman–Crippen LogP) is 5.94. The first-order chi connectivity index (χ1) is 10.5. The van der Waals surface area contributed by atoms with E-state index in [1.165, 1.54) is 27.1 Å². The van der Waals surface area contributed by atoms with Crippen molar-refractivity contribution in [2.24, 2.45) is 5.41 Å². The minimum atomic E-state index is 0.153. The van der Waals surface area contributed by atoms with Crippen LogP contribution in [-0.2, 0) is 11.3 Å². The first-order valence-electron chi connectivity index (χ1n) is 7.98. The number of ether oxygens (including phenoxy) is 1. The van der Waals surface area contributed by atoms with Crippen molar-refractivity contribution in [1.29, 1.82) is 0 Å². The molecular formula is C21H24O. The molecule has 0 bridgehead atoms. The maximum absolute atomic E-state index is 6.21. The monoisotopic (exact) mass is 292 g/mol. The highest BCUT2D eigenvalue weighted by molar-refractivity contribution is 6.02. The largest absolute Gasteiger partial charge is 0.373 e. The summed E-state index contributed by atoms with van der Waals surface area (Å²) in [7, 11) is 0. The molecule has 3 aromatic carbocycles. The van der Waals surface area contributed by atoms with Crippen molar-refractivity contribution in [3.8, 4) is 0 Å². The molecule has 3 rings (SSSR count). The van der Waals surface area contributed by atoms with E-state index in [-0.39, 0.29) is 11.5 Å². The minimum absolute atomic E-state index is 0.153. The van der Waals surface area contributed by atoms with Gasteiger partial charge in [-0.05, 0) is 45.5 Å². The lowest BCUT2D eigenvalue weighted by Gasteiger charge is -2.27. The van der Waals surface area contributed by atoms with Crippen LogP contribution in [-0.4, -0.2) is 6.10 Å². The Bertz CT molecular complexity index is 742. The maximum Gasteiger partial charge on any atom is 0.0732 e. The van der Waals surface area contributed by atoms with Gasteiger partial charge in [0.05, 0.1) is 12.7 Å². The van der Waals surface area contributed by atoms with Gasteiger partial charge in [0, 0.05) is 0 Å². The Morgan fingerprint density at radius 3 is 1.86 bits per heavy atom. The number of fused-ring (bicyclic) bond motifs is 2. The molecule has 3 aromatic rings. The summed E-state index contributed by atoms with van der Waals surface area (Å²) in [6, 6.07) is 19.4. The molecule has 1 atom stereocenters. The van der Waals surface area contributed by atoms with Crippen LogP contribution in [0.4, 0.5) is 0 Å². The Hall–Kier alpha value is -1.86. The zero-order valence-corrected chi connectivity index (χ0v) is 13.9. The van der Waals surface area contributed by atoms with E-state index in [1.54, 1.807) is 0 Å². The van der Waals surface area contributed by atoms with Crippen molar-refractivity contribution in [2.75, 3.05) is 0 Å². The van der Waals surface area contributed by atoms with Gasteiger partial charge in [-0.15, -0.1) is 0 Å². The molecule has 0 aliphatic rings. The summed E-state index contributed by atoms with van der Waals surface area (Å²) >= 11 is 0. The lowest BCUT2D eigenvalue weighted by atomic mass is 9.90. The molecule has 1 unspecified atom stereocenters. The average Bonchev–Trinajstić information content (AvgIpc) is 2.50. The van der Waals surface area contributed by atoms with Crippen molar-refractivity contribution >= 4 is 21.5 Å². The summed E-state index contributed by atoms with van der Waals surface area (Å²) < 4.78 is 6.21. The molecular weight excluding hydrogens is 268 g/mol. The number of rotatable bonds is 3. The fourth-order valence-electron chi connectivity index (χ4n) is 2.72. The van der Waals surface area contributed by atoms with Gasteiger partial charge in [-0.3, -0.25) is 0 Å².